The number of halogens is 1. The van der Waals surface area contributed by atoms with Crippen molar-refractivity contribution in [3.63, 3.8) is 0 Å². The van der Waals surface area contributed by atoms with Gasteiger partial charge < -0.3 is 10.3 Å². The minimum absolute atomic E-state index is 0.0992. The molecule has 0 saturated heterocycles. The zero-order valence-corrected chi connectivity index (χ0v) is 13.7. The lowest BCUT2D eigenvalue weighted by Crippen LogP contribution is -2.15. The summed E-state index contributed by atoms with van der Waals surface area (Å²) in [5.41, 5.74) is 4.23. The van der Waals surface area contributed by atoms with E-state index < -0.39 is 0 Å². The number of benzene rings is 2. The average Bonchev–Trinajstić information content (AvgIpc) is 2.94. The number of aromatic amines is 2. The van der Waals surface area contributed by atoms with Crippen LogP contribution in [-0.2, 0) is 6.54 Å². The van der Waals surface area contributed by atoms with Crippen LogP contribution in [-0.4, -0.2) is 15.2 Å². The number of hydrogen-bond acceptors (Lipinski definition) is 3. The van der Waals surface area contributed by atoms with Crippen LogP contribution in [0.1, 0.15) is 11.3 Å². The second-order valence-electron chi connectivity index (χ2n) is 5.78. The Morgan fingerprint density at radius 3 is 2.83 bits per heavy atom. The van der Waals surface area contributed by atoms with Gasteiger partial charge in [0.25, 0.3) is 5.56 Å². The smallest absolute Gasteiger partial charge is 0.253 e. The van der Waals surface area contributed by atoms with Gasteiger partial charge in [-0.2, -0.15) is 5.10 Å². The number of H-pyrrole nitrogens is 2. The summed E-state index contributed by atoms with van der Waals surface area (Å²) >= 11 is 6.03. The van der Waals surface area contributed by atoms with Gasteiger partial charge in [0.2, 0.25) is 0 Å². The maximum Gasteiger partial charge on any atom is 0.253 e. The quantitative estimate of drug-likeness (QED) is 0.529. The zero-order valence-electron chi connectivity index (χ0n) is 13.0. The predicted octanol–water partition coefficient (Wildman–Crippen LogP) is 3.98. The van der Waals surface area contributed by atoms with E-state index in [1.54, 1.807) is 6.07 Å². The Bertz CT molecular complexity index is 1110. The third kappa shape index (κ3) is 2.63. The van der Waals surface area contributed by atoms with Gasteiger partial charge >= 0.3 is 0 Å². The number of pyridine rings is 1. The standard InChI is InChI=1S/C18H15ClN4O/c1-10-15-8-14(3-5-17(15)23-22-10)20-9-12-6-11-7-13(19)2-4-16(11)21-18(12)24/h2-8,20H,9H2,1H3,(H,21,24)(H,22,23). The number of fused-ring (bicyclic) bond motifs is 2. The molecule has 6 heteroatoms. The van der Waals surface area contributed by atoms with Gasteiger partial charge in [0, 0.05) is 39.1 Å². The van der Waals surface area contributed by atoms with Crippen LogP contribution in [0.3, 0.4) is 0 Å². The average molecular weight is 339 g/mol. The van der Waals surface area contributed by atoms with E-state index in [2.05, 4.69) is 20.5 Å². The second-order valence-corrected chi connectivity index (χ2v) is 6.21. The molecule has 0 spiro atoms. The lowest BCUT2D eigenvalue weighted by atomic mass is 10.1. The molecule has 0 aliphatic rings. The maximum absolute atomic E-state index is 12.2. The molecule has 24 heavy (non-hydrogen) atoms. The topological polar surface area (TPSA) is 73.6 Å². The molecule has 0 saturated carbocycles. The molecule has 2 heterocycles. The summed E-state index contributed by atoms with van der Waals surface area (Å²) in [6.07, 6.45) is 0. The van der Waals surface area contributed by atoms with Crippen molar-refractivity contribution in [1.29, 1.82) is 0 Å². The molecule has 3 N–H and O–H groups in total. The molecule has 0 aliphatic carbocycles. The normalized spacial score (nSPS) is 11.2. The molecule has 0 unspecified atom stereocenters. The minimum atomic E-state index is -0.0992. The van der Waals surface area contributed by atoms with Crippen molar-refractivity contribution in [2.75, 3.05) is 5.32 Å². The number of anilines is 1. The summed E-state index contributed by atoms with van der Waals surface area (Å²) in [4.78, 5) is 15.1. The molecule has 0 fully saturated rings. The Balaban J connectivity index is 1.64. The first-order valence-corrected chi connectivity index (χ1v) is 7.98. The van der Waals surface area contributed by atoms with Gasteiger partial charge in [-0.05, 0) is 49.4 Å². The summed E-state index contributed by atoms with van der Waals surface area (Å²) in [6.45, 7) is 2.39. The maximum atomic E-state index is 12.2. The number of nitrogens with zero attached hydrogens (tertiary/aromatic N) is 1. The largest absolute Gasteiger partial charge is 0.381 e. The van der Waals surface area contributed by atoms with E-state index in [1.165, 1.54) is 0 Å². The fraction of sp³-hybridized carbons (Fsp3) is 0.111. The van der Waals surface area contributed by atoms with E-state index in [4.69, 9.17) is 11.6 Å². The van der Waals surface area contributed by atoms with E-state index in [0.717, 1.165) is 33.2 Å². The summed E-state index contributed by atoms with van der Waals surface area (Å²) in [5.74, 6) is 0. The van der Waals surface area contributed by atoms with Gasteiger partial charge in [-0.25, -0.2) is 0 Å². The van der Waals surface area contributed by atoms with Crippen molar-refractivity contribution >= 4 is 39.1 Å². The Labute approximate surface area is 142 Å². The van der Waals surface area contributed by atoms with Crippen molar-refractivity contribution in [3.8, 4) is 0 Å². The molecule has 0 aliphatic heterocycles. The number of aryl methyl sites for hydroxylation is 1. The van der Waals surface area contributed by atoms with Crippen molar-refractivity contribution in [2.24, 2.45) is 0 Å². The second kappa shape index (κ2) is 5.69. The van der Waals surface area contributed by atoms with Gasteiger partial charge in [-0.15, -0.1) is 0 Å². The van der Waals surface area contributed by atoms with Gasteiger partial charge in [-0.1, -0.05) is 11.6 Å². The molecular formula is C18H15ClN4O. The van der Waals surface area contributed by atoms with E-state index in [0.29, 0.717) is 17.1 Å². The molecule has 2 aromatic heterocycles. The molecule has 4 aromatic rings. The van der Waals surface area contributed by atoms with Gasteiger partial charge in [-0.3, -0.25) is 9.89 Å². The first-order valence-electron chi connectivity index (χ1n) is 7.60. The number of aromatic nitrogens is 3. The van der Waals surface area contributed by atoms with Gasteiger partial charge in [0.05, 0.1) is 11.2 Å². The first kappa shape index (κ1) is 14.8. The lowest BCUT2D eigenvalue weighted by Gasteiger charge is -2.08. The van der Waals surface area contributed by atoms with E-state index in [-0.39, 0.29) is 5.56 Å². The van der Waals surface area contributed by atoms with Crippen LogP contribution >= 0.6 is 11.6 Å². The summed E-state index contributed by atoms with van der Waals surface area (Å²) in [6, 6.07) is 13.3. The van der Waals surface area contributed by atoms with Crippen LogP contribution in [0.4, 0.5) is 5.69 Å². The number of hydrogen-bond donors (Lipinski definition) is 3. The molecule has 5 nitrogen and oxygen atoms in total. The summed E-state index contributed by atoms with van der Waals surface area (Å²) in [7, 11) is 0. The van der Waals surface area contributed by atoms with Crippen LogP contribution in [0.15, 0.2) is 47.3 Å². The van der Waals surface area contributed by atoms with Crippen LogP contribution in [0.2, 0.25) is 5.02 Å². The van der Waals surface area contributed by atoms with Crippen molar-refractivity contribution < 1.29 is 0 Å². The fourth-order valence-corrected chi connectivity index (χ4v) is 2.99. The fourth-order valence-electron chi connectivity index (χ4n) is 2.81. The first-order chi connectivity index (χ1) is 11.6. The summed E-state index contributed by atoms with van der Waals surface area (Å²) in [5, 5.41) is 13.1. The van der Waals surface area contributed by atoms with Crippen molar-refractivity contribution in [3.05, 3.63) is 69.1 Å². The van der Waals surface area contributed by atoms with Crippen LogP contribution in [0.5, 0.6) is 0 Å². The van der Waals surface area contributed by atoms with Crippen LogP contribution < -0.4 is 10.9 Å². The Hall–Kier alpha value is -2.79. The highest BCUT2D eigenvalue weighted by atomic mass is 35.5. The Morgan fingerprint density at radius 1 is 1.12 bits per heavy atom. The van der Waals surface area contributed by atoms with E-state index in [1.807, 2.05) is 43.3 Å². The third-order valence-corrected chi connectivity index (χ3v) is 4.35. The van der Waals surface area contributed by atoms with Gasteiger partial charge in [0.1, 0.15) is 0 Å². The highest BCUT2D eigenvalue weighted by molar-refractivity contribution is 6.31. The van der Waals surface area contributed by atoms with Crippen LogP contribution in [0, 0.1) is 6.92 Å². The van der Waals surface area contributed by atoms with Crippen molar-refractivity contribution in [2.45, 2.75) is 13.5 Å². The molecular weight excluding hydrogens is 324 g/mol. The number of nitrogens with one attached hydrogen (secondary N) is 3. The van der Waals surface area contributed by atoms with Crippen LogP contribution in [0.25, 0.3) is 21.8 Å². The SMILES string of the molecule is Cc1n[nH]c2ccc(NCc3cc4cc(Cl)ccc4[nH]c3=O)cc12. The molecule has 0 atom stereocenters. The Kier molecular flexibility index (Phi) is 3.50. The molecule has 120 valence electrons. The predicted molar refractivity (Wildman–Crippen MR) is 97.7 cm³/mol. The van der Waals surface area contributed by atoms with E-state index >= 15 is 0 Å². The number of rotatable bonds is 3. The lowest BCUT2D eigenvalue weighted by molar-refractivity contribution is 1.07. The molecule has 0 bridgehead atoms. The van der Waals surface area contributed by atoms with E-state index in [9.17, 15) is 4.79 Å². The van der Waals surface area contributed by atoms with Gasteiger partial charge in [0.15, 0.2) is 0 Å². The highest BCUT2D eigenvalue weighted by Crippen LogP contribution is 2.21. The molecule has 0 radical (unpaired) electrons. The molecule has 2 aromatic carbocycles. The minimum Gasteiger partial charge on any atom is -0.381 e. The zero-order chi connectivity index (χ0) is 16.7. The monoisotopic (exact) mass is 338 g/mol. The van der Waals surface area contributed by atoms with Crippen molar-refractivity contribution in [1.82, 2.24) is 15.2 Å². The highest BCUT2D eigenvalue weighted by Gasteiger charge is 2.06. The third-order valence-electron chi connectivity index (χ3n) is 4.12. The molecule has 0 amide bonds. The Morgan fingerprint density at radius 2 is 1.96 bits per heavy atom. The summed E-state index contributed by atoms with van der Waals surface area (Å²) < 4.78 is 0. The molecule has 4 rings (SSSR count).